The van der Waals surface area contributed by atoms with Gasteiger partial charge in [0.25, 0.3) is 0 Å². The second kappa shape index (κ2) is 4.78. The molecule has 1 fully saturated rings. The lowest BCUT2D eigenvalue weighted by atomic mass is 10.1. The molecule has 0 radical (unpaired) electrons. The molecule has 1 aromatic heterocycles. The van der Waals surface area contributed by atoms with Crippen molar-refractivity contribution in [1.29, 1.82) is 0 Å². The van der Waals surface area contributed by atoms with Gasteiger partial charge in [0.1, 0.15) is 5.75 Å². The van der Waals surface area contributed by atoms with Gasteiger partial charge in [-0.3, -0.25) is 0 Å². The Morgan fingerprint density at radius 1 is 1.28 bits per heavy atom. The topological polar surface area (TPSA) is 68.4 Å². The van der Waals surface area contributed by atoms with Gasteiger partial charge in [-0.15, -0.1) is 0 Å². The molecule has 1 aromatic carbocycles. The van der Waals surface area contributed by atoms with E-state index in [9.17, 15) is 5.11 Å². The van der Waals surface area contributed by atoms with Crippen LogP contribution < -0.4 is 0 Å². The minimum Gasteiger partial charge on any atom is -0.508 e. The summed E-state index contributed by atoms with van der Waals surface area (Å²) in [6.07, 6.45) is 1.54. The van der Waals surface area contributed by atoms with Gasteiger partial charge in [0, 0.05) is 12.5 Å². The minimum atomic E-state index is 0.257. The highest BCUT2D eigenvalue weighted by atomic mass is 16.5. The van der Waals surface area contributed by atoms with Gasteiger partial charge in [-0.05, 0) is 24.1 Å². The average Bonchev–Trinajstić information content (AvgIpc) is 3.02. The molecule has 2 heterocycles. The number of hydrogen-bond donors (Lipinski definition) is 1. The summed E-state index contributed by atoms with van der Waals surface area (Å²) in [5.41, 5.74) is 1.03. The quantitative estimate of drug-likeness (QED) is 0.895. The molecule has 1 atom stereocenters. The Bertz CT molecular complexity index is 515. The van der Waals surface area contributed by atoms with Crippen LogP contribution in [-0.4, -0.2) is 28.5 Å². The molecule has 1 saturated heterocycles. The molecule has 0 bridgehead atoms. The van der Waals surface area contributed by atoms with Gasteiger partial charge in [-0.2, -0.15) is 4.98 Å². The maximum atomic E-state index is 9.21. The highest BCUT2D eigenvalue weighted by Crippen LogP contribution is 2.23. The lowest BCUT2D eigenvalue weighted by Gasteiger charge is -1.98. The maximum absolute atomic E-state index is 9.21. The van der Waals surface area contributed by atoms with Crippen molar-refractivity contribution in [3.8, 4) is 5.75 Å². The Hall–Kier alpha value is -1.88. The normalized spacial score (nSPS) is 19.2. The number of phenols is 1. The van der Waals surface area contributed by atoms with Crippen molar-refractivity contribution in [1.82, 2.24) is 10.1 Å². The summed E-state index contributed by atoms with van der Waals surface area (Å²) in [7, 11) is 0. The molecule has 5 heteroatoms. The highest BCUT2D eigenvalue weighted by molar-refractivity contribution is 5.27. The zero-order chi connectivity index (χ0) is 12.4. The number of benzene rings is 1. The number of phenolic OH excluding ortho intramolecular Hbond substituents is 1. The van der Waals surface area contributed by atoms with Crippen molar-refractivity contribution >= 4 is 0 Å². The fourth-order valence-corrected chi connectivity index (χ4v) is 2.03. The van der Waals surface area contributed by atoms with Crippen LogP contribution in [0, 0.1) is 0 Å². The van der Waals surface area contributed by atoms with Crippen LogP contribution in [0.3, 0.4) is 0 Å². The van der Waals surface area contributed by atoms with Crippen LogP contribution in [0.5, 0.6) is 5.75 Å². The molecule has 18 heavy (non-hydrogen) atoms. The number of ether oxygens (including phenoxy) is 1. The molecule has 1 unspecified atom stereocenters. The monoisotopic (exact) mass is 246 g/mol. The molecular weight excluding hydrogens is 232 g/mol. The third-order valence-electron chi connectivity index (χ3n) is 3.07. The Labute approximate surface area is 104 Å². The summed E-state index contributed by atoms with van der Waals surface area (Å²) in [5, 5.41) is 13.2. The number of aromatic nitrogens is 2. The van der Waals surface area contributed by atoms with E-state index in [1.54, 1.807) is 12.1 Å². The number of rotatable bonds is 3. The smallest absolute Gasteiger partial charge is 0.231 e. The van der Waals surface area contributed by atoms with E-state index in [0.29, 0.717) is 18.9 Å². The van der Waals surface area contributed by atoms with Crippen LogP contribution in [0.1, 0.15) is 29.6 Å². The zero-order valence-electron chi connectivity index (χ0n) is 9.87. The van der Waals surface area contributed by atoms with Crippen LogP contribution >= 0.6 is 0 Å². The second-order valence-corrected chi connectivity index (χ2v) is 4.45. The van der Waals surface area contributed by atoms with Crippen LogP contribution in [0.2, 0.25) is 0 Å². The fourth-order valence-electron chi connectivity index (χ4n) is 2.03. The first-order valence-electron chi connectivity index (χ1n) is 5.99. The minimum absolute atomic E-state index is 0.257. The molecule has 5 nitrogen and oxygen atoms in total. The Balaban J connectivity index is 1.71. The average molecular weight is 246 g/mol. The molecule has 1 aliphatic rings. The van der Waals surface area contributed by atoms with Crippen molar-refractivity contribution in [2.24, 2.45) is 0 Å². The first-order valence-corrected chi connectivity index (χ1v) is 5.99. The molecule has 3 rings (SSSR count). The van der Waals surface area contributed by atoms with Gasteiger partial charge < -0.3 is 14.4 Å². The van der Waals surface area contributed by atoms with Crippen LogP contribution in [0.15, 0.2) is 28.8 Å². The molecule has 2 aromatic rings. The van der Waals surface area contributed by atoms with Crippen LogP contribution in [0.4, 0.5) is 0 Å². The van der Waals surface area contributed by atoms with Gasteiger partial charge in [0.2, 0.25) is 5.89 Å². The van der Waals surface area contributed by atoms with Gasteiger partial charge in [-0.25, -0.2) is 0 Å². The first-order chi connectivity index (χ1) is 8.81. The molecule has 0 aliphatic carbocycles. The van der Waals surface area contributed by atoms with Gasteiger partial charge in [0.15, 0.2) is 5.82 Å². The predicted octanol–water partition coefficient (Wildman–Crippen LogP) is 1.87. The molecule has 0 saturated carbocycles. The van der Waals surface area contributed by atoms with E-state index in [2.05, 4.69) is 10.1 Å². The summed E-state index contributed by atoms with van der Waals surface area (Å²) in [6.45, 7) is 1.45. The second-order valence-electron chi connectivity index (χ2n) is 4.45. The standard InChI is InChI=1S/C13H14N2O3/c16-11-3-1-9(2-4-11)7-12-14-13(15-18-12)10-5-6-17-8-10/h1-4,10,16H,5-8H2. The zero-order valence-corrected chi connectivity index (χ0v) is 9.87. The Morgan fingerprint density at radius 2 is 2.11 bits per heavy atom. The fraction of sp³-hybridized carbons (Fsp3) is 0.385. The molecule has 0 amide bonds. The van der Waals surface area contributed by atoms with Crippen LogP contribution in [0.25, 0.3) is 0 Å². The molecule has 0 spiro atoms. The van der Waals surface area contributed by atoms with E-state index in [1.165, 1.54) is 0 Å². The van der Waals surface area contributed by atoms with E-state index in [1.807, 2.05) is 12.1 Å². The summed E-state index contributed by atoms with van der Waals surface area (Å²) >= 11 is 0. The first kappa shape index (κ1) is 11.2. The van der Waals surface area contributed by atoms with Crippen molar-refractivity contribution < 1.29 is 14.4 Å². The molecule has 94 valence electrons. The highest BCUT2D eigenvalue weighted by Gasteiger charge is 2.22. The van der Waals surface area contributed by atoms with Crippen LogP contribution in [-0.2, 0) is 11.2 Å². The van der Waals surface area contributed by atoms with E-state index < -0.39 is 0 Å². The number of hydrogen-bond acceptors (Lipinski definition) is 5. The van der Waals surface area contributed by atoms with Crippen molar-refractivity contribution in [3.63, 3.8) is 0 Å². The van der Waals surface area contributed by atoms with Gasteiger partial charge in [0.05, 0.1) is 13.0 Å². The largest absolute Gasteiger partial charge is 0.508 e. The van der Waals surface area contributed by atoms with Crippen molar-refractivity contribution in [2.75, 3.05) is 13.2 Å². The summed E-state index contributed by atoms with van der Waals surface area (Å²) in [6, 6.07) is 6.99. The Morgan fingerprint density at radius 3 is 2.83 bits per heavy atom. The number of aromatic hydroxyl groups is 1. The third-order valence-corrected chi connectivity index (χ3v) is 3.07. The van der Waals surface area contributed by atoms with E-state index in [0.717, 1.165) is 24.4 Å². The predicted molar refractivity (Wildman–Crippen MR) is 63.4 cm³/mol. The summed E-state index contributed by atoms with van der Waals surface area (Å²) < 4.78 is 10.5. The van der Waals surface area contributed by atoms with E-state index in [-0.39, 0.29) is 11.7 Å². The summed E-state index contributed by atoms with van der Waals surface area (Å²) in [5.74, 6) is 1.86. The SMILES string of the molecule is Oc1ccc(Cc2nc(C3CCOC3)no2)cc1. The molecule has 1 N–H and O–H groups in total. The maximum Gasteiger partial charge on any atom is 0.231 e. The lowest BCUT2D eigenvalue weighted by Crippen LogP contribution is -2.00. The number of nitrogens with zero attached hydrogens (tertiary/aromatic N) is 2. The van der Waals surface area contributed by atoms with E-state index in [4.69, 9.17) is 9.26 Å². The van der Waals surface area contributed by atoms with Crippen molar-refractivity contribution in [2.45, 2.75) is 18.8 Å². The molecule has 1 aliphatic heterocycles. The summed E-state index contributed by atoms with van der Waals surface area (Å²) in [4.78, 5) is 4.39. The molecular formula is C13H14N2O3. The Kier molecular flexibility index (Phi) is 2.98. The lowest BCUT2D eigenvalue weighted by molar-refractivity contribution is 0.192. The van der Waals surface area contributed by atoms with Crippen molar-refractivity contribution in [3.05, 3.63) is 41.5 Å². The van der Waals surface area contributed by atoms with E-state index >= 15 is 0 Å². The van der Waals surface area contributed by atoms with Gasteiger partial charge >= 0.3 is 0 Å². The van der Waals surface area contributed by atoms with Gasteiger partial charge in [-0.1, -0.05) is 17.3 Å². The third kappa shape index (κ3) is 2.36.